The van der Waals surface area contributed by atoms with Crippen molar-refractivity contribution in [2.24, 2.45) is 0 Å². The Morgan fingerprint density at radius 3 is 2.56 bits per heavy atom. The molecule has 0 atom stereocenters. The molecule has 1 nitrogen and oxygen atoms in total. The van der Waals surface area contributed by atoms with Gasteiger partial charge in [-0.2, -0.15) is 0 Å². The minimum absolute atomic E-state index is 1.07. The highest BCUT2D eigenvalue weighted by atomic mass is 127. The second-order valence-corrected chi connectivity index (χ2v) is 4.32. The van der Waals surface area contributed by atoms with E-state index >= 15 is 0 Å². The van der Waals surface area contributed by atoms with Gasteiger partial charge in [0.05, 0.1) is 0 Å². The molecule has 0 radical (unpaired) electrons. The van der Waals surface area contributed by atoms with Crippen LogP contribution in [0.4, 0.5) is 0 Å². The zero-order valence-corrected chi connectivity index (χ0v) is 10.00. The van der Waals surface area contributed by atoms with Crippen molar-refractivity contribution < 1.29 is 0 Å². The van der Waals surface area contributed by atoms with E-state index in [1.807, 2.05) is 0 Å². The van der Waals surface area contributed by atoms with Crippen molar-refractivity contribution in [2.75, 3.05) is 18.4 Å². The lowest BCUT2D eigenvalue weighted by atomic mass is 10.5. The van der Waals surface area contributed by atoms with Gasteiger partial charge in [-0.3, -0.25) is 0 Å². The molecule has 0 aromatic heterocycles. The molecule has 0 rings (SSSR count). The van der Waals surface area contributed by atoms with E-state index in [0.717, 1.165) is 11.9 Å². The minimum Gasteiger partial charge on any atom is -0.241 e. The van der Waals surface area contributed by atoms with Crippen LogP contribution in [0.15, 0.2) is 0 Å². The van der Waals surface area contributed by atoms with Gasteiger partial charge in [-0.05, 0) is 15.5 Å². The van der Waals surface area contributed by atoms with Gasteiger partial charge in [-0.25, -0.2) is 4.31 Å². The highest BCUT2D eigenvalue weighted by Gasteiger charge is 1.98. The van der Waals surface area contributed by atoms with Gasteiger partial charge in [-0.1, -0.05) is 22.9 Å². The van der Waals surface area contributed by atoms with Gasteiger partial charge in [0, 0.05) is 39.6 Å². The summed E-state index contributed by atoms with van der Waals surface area (Å²) in [6.45, 7) is 4.54. The van der Waals surface area contributed by atoms with Crippen molar-refractivity contribution >= 4 is 46.3 Å². The largest absolute Gasteiger partial charge is 0.241 e. The van der Waals surface area contributed by atoms with E-state index in [1.54, 1.807) is 9.12 Å². The van der Waals surface area contributed by atoms with Gasteiger partial charge in [0.1, 0.15) is 0 Å². The summed E-state index contributed by atoms with van der Waals surface area (Å²) in [7, 11) is 1.79. The van der Waals surface area contributed by atoms with Crippen LogP contribution in [0.3, 0.4) is 0 Å². The molecule has 0 aromatic carbocycles. The first-order chi connectivity index (χ1) is 4.35. The van der Waals surface area contributed by atoms with Gasteiger partial charge >= 0.3 is 0 Å². The Labute approximate surface area is 81.8 Å². The van der Waals surface area contributed by atoms with E-state index in [2.05, 4.69) is 48.4 Å². The second kappa shape index (κ2) is 7.63. The molecule has 0 heterocycles. The molecule has 0 spiro atoms. The lowest BCUT2D eigenvalue weighted by Gasteiger charge is -2.14. The monoisotopic (exact) mass is 323 g/mol. The highest BCUT2D eigenvalue weighted by Crippen LogP contribution is 2.18. The van der Waals surface area contributed by atoms with E-state index in [4.69, 9.17) is 0 Å². The lowest BCUT2D eigenvalue weighted by Crippen LogP contribution is -2.16. The highest BCUT2D eigenvalue weighted by molar-refractivity contribution is 14.2. The summed E-state index contributed by atoms with van der Waals surface area (Å²) in [6, 6.07) is 0. The third-order valence-corrected chi connectivity index (χ3v) is 3.49. The molecular weight excluding hydrogens is 313 g/mol. The third-order valence-electron chi connectivity index (χ3n) is 0.905. The van der Waals surface area contributed by atoms with E-state index in [9.17, 15) is 0 Å². The molecule has 9 heavy (non-hydrogen) atoms. The fourth-order valence-corrected chi connectivity index (χ4v) is 2.78. The molecule has 0 N–H and O–H groups in total. The molecular formula is C5H11BrINS. The number of hydrogen-bond donors (Lipinski definition) is 0. The summed E-state index contributed by atoms with van der Waals surface area (Å²) in [5, 5.41) is 1.07. The molecule has 0 aliphatic rings. The molecule has 0 aromatic rings. The summed E-state index contributed by atoms with van der Waals surface area (Å²) in [4.78, 5) is 0. The average Bonchev–Trinajstić information content (AvgIpc) is 1.88. The molecule has 56 valence electrons. The smallest absolute Gasteiger partial charge is 0.0194 e. The number of halogens is 2. The number of rotatable bonds is 5. The number of alkyl halides is 1. The fourth-order valence-electron chi connectivity index (χ4n) is 0.524. The molecule has 4 heteroatoms. The van der Waals surface area contributed by atoms with Crippen molar-refractivity contribution in [3.8, 4) is 0 Å². The van der Waals surface area contributed by atoms with Crippen molar-refractivity contribution in [3.63, 3.8) is 0 Å². The average molecular weight is 324 g/mol. The molecule has 0 aliphatic heterocycles. The first-order valence-corrected chi connectivity index (χ1v) is 7.38. The molecule has 0 amide bonds. The van der Waals surface area contributed by atoms with Crippen LogP contribution in [0, 0.1) is 0 Å². The predicted molar refractivity (Wildman–Crippen MR) is 57.3 cm³/mol. The molecule has 0 fully saturated rings. The molecule has 0 saturated carbocycles. The first-order valence-electron chi connectivity index (χ1n) is 2.94. The van der Waals surface area contributed by atoms with E-state index in [1.165, 1.54) is 13.0 Å². The zero-order valence-electron chi connectivity index (χ0n) is 5.44. The minimum atomic E-state index is 1.07. The van der Waals surface area contributed by atoms with Crippen LogP contribution in [0.2, 0.25) is 0 Å². The van der Waals surface area contributed by atoms with Crippen LogP contribution in [-0.2, 0) is 0 Å². The Hall–Kier alpha value is 1.52. The normalized spacial score (nSPS) is 10.7. The Balaban J connectivity index is 3.18. The van der Waals surface area contributed by atoms with E-state index in [-0.39, 0.29) is 0 Å². The molecule has 0 unspecified atom stereocenters. The van der Waals surface area contributed by atoms with E-state index < -0.39 is 0 Å². The topological polar surface area (TPSA) is 3.24 Å². The maximum Gasteiger partial charge on any atom is 0.0194 e. The summed E-state index contributed by atoms with van der Waals surface area (Å²) in [5.74, 6) is 0. The van der Waals surface area contributed by atoms with Crippen LogP contribution in [-0.4, -0.2) is 22.7 Å². The van der Waals surface area contributed by atoms with Crippen molar-refractivity contribution in [1.29, 1.82) is 0 Å². The fraction of sp³-hybridized carbons (Fsp3) is 1.00. The Morgan fingerprint density at radius 1 is 1.56 bits per heavy atom. The van der Waals surface area contributed by atoms with Crippen molar-refractivity contribution in [2.45, 2.75) is 13.3 Å². The van der Waals surface area contributed by atoms with Gasteiger partial charge < -0.3 is 0 Å². The third kappa shape index (κ3) is 5.94. The Morgan fingerprint density at radius 2 is 2.22 bits per heavy atom. The SMILES string of the molecule is CCCN(CCBr)SI. The molecule has 0 aliphatic carbocycles. The van der Waals surface area contributed by atoms with Crippen LogP contribution >= 0.6 is 46.3 Å². The van der Waals surface area contributed by atoms with Crippen LogP contribution in [0.1, 0.15) is 13.3 Å². The van der Waals surface area contributed by atoms with Gasteiger partial charge in [0.25, 0.3) is 0 Å². The first kappa shape index (κ1) is 10.5. The van der Waals surface area contributed by atoms with Gasteiger partial charge in [-0.15, -0.1) is 0 Å². The second-order valence-electron chi connectivity index (χ2n) is 1.69. The molecule has 0 saturated heterocycles. The summed E-state index contributed by atoms with van der Waals surface area (Å²) < 4.78 is 2.34. The summed E-state index contributed by atoms with van der Waals surface area (Å²) in [5.41, 5.74) is 0. The summed E-state index contributed by atoms with van der Waals surface area (Å²) >= 11 is 5.72. The lowest BCUT2D eigenvalue weighted by molar-refractivity contribution is 0.504. The molecule has 0 bridgehead atoms. The zero-order chi connectivity index (χ0) is 7.11. The van der Waals surface area contributed by atoms with Gasteiger partial charge in [0.2, 0.25) is 0 Å². The summed E-state index contributed by atoms with van der Waals surface area (Å²) in [6.07, 6.45) is 1.24. The quantitative estimate of drug-likeness (QED) is 0.434. The van der Waals surface area contributed by atoms with Crippen LogP contribution in [0.25, 0.3) is 0 Å². The Bertz CT molecular complexity index is 58.9. The maximum absolute atomic E-state index is 3.40. The maximum atomic E-state index is 3.40. The van der Waals surface area contributed by atoms with Crippen LogP contribution < -0.4 is 0 Å². The number of hydrogen-bond acceptors (Lipinski definition) is 2. The standard InChI is InChI=1S/C5H11BrINS/c1-2-4-8(9-7)5-3-6/h2-5H2,1H3. The van der Waals surface area contributed by atoms with Crippen molar-refractivity contribution in [3.05, 3.63) is 0 Å². The van der Waals surface area contributed by atoms with Crippen molar-refractivity contribution in [1.82, 2.24) is 4.31 Å². The van der Waals surface area contributed by atoms with Gasteiger partial charge in [0.15, 0.2) is 0 Å². The van der Waals surface area contributed by atoms with E-state index in [0.29, 0.717) is 0 Å². The Kier molecular flexibility index (Phi) is 8.91. The number of nitrogens with zero attached hydrogens (tertiary/aromatic N) is 1. The van der Waals surface area contributed by atoms with Crippen LogP contribution in [0.5, 0.6) is 0 Å². The predicted octanol–water partition coefficient (Wildman–Crippen LogP) is 3.09.